The third kappa shape index (κ3) is 7.96. The molecule has 0 fully saturated rings. The molecule has 0 aromatic heterocycles. The quantitative estimate of drug-likeness (QED) is 0.0227. The van der Waals surface area contributed by atoms with Crippen LogP contribution >= 0.6 is 0 Å². The number of amides is 4. The Bertz CT molecular complexity index is 2260. The van der Waals surface area contributed by atoms with Gasteiger partial charge in [-0.05, 0) is 109 Å². The van der Waals surface area contributed by atoms with Gasteiger partial charge < -0.3 is 4.74 Å². The summed E-state index contributed by atoms with van der Waals surface area (Å²) in [5.41, 5.74) is 1.67. The lowest BCUT2D eigenvalue weighted by Gasteiger charge is -2.35. The van der Waals surface area contributed by atoms with Gasteiger partial charge in [0.2, 0.25) is 0 Å². The van der Waals surface area contributed by atoms with Crippen molar-refractivity contribution in [2.24, 2.45) is 5.41 Å². The Hall–Kier alpha value is -4.85. The van der Waals surface area contributed by atoms with Crippen molar-refractivity contribution in [3.8, 4) is 0 Å². The molecule has 0 atom stereocenters. The van der Waals surface area contributed by atoms with Gasteiger partial charge in [0.1, 0.15) is 0 Å². The summed E-state index contributed by atoms with van der Waals surface area (Å²) in [5.74, 6) is -1.17. The Balaban J connectivity index is 1.15. The third-order valence-electron chi connectivity index (χ3n) is 13.3. The molecule has 5 aromatic carbocycles. The first kappa shape index (κ1) is 42.3. The number of ether oxygens (including phenoxy) is 1. The molecular weight excluding hydrogens is 737 g/mol. The summed E-state index contributed by atoms with van der Waals surface area (Å²) in [5, 5.41) is 6.71. The van der Waals surface area contributed by atoms with Gasteiger partial charge in [-0.1, -0.05) is 116 Å². The van der Waals surface area contributed by atoms with E-state index in [1.165, 1.54) is 43.4 Å². The van der Waals surface area contributed by atoms with Crippen LogP contribution in [0.25, 0.3) is 43.1 Å². The normalized spacial score (nSPS) is 14.4. The average Bonchev–Trinajstić information content (AvgIpc) is 3.24. The van der Waals surface area contributed by atoms with Gasteiger partial charge in [0.25, 0.3) is 23.6 Å². The zero-order chi connectivity index (χ0) is 41.8. The van der Waals surface area contributed by atoms with Crippen LogP contribution in [0.15, 0.2) is 48.5 Å². The molecule has 2 aliphatic rings. The molecule has 8 nitrogen and oxygen atoms in total. The molecule has 5 aromatic rings. The SMILES string of the molecule is CCCCCCCC(CCCCCCC)N1C(=O)c2ccc3c4ccc5c6c(ccc(c7ccc(c2c37)C1=O)c64)C(=O)N(CCCCCCOC(=O)C(C)(C)CC)C5=O. The minimum absolute atomic E-state index is 0.130. The number of carbonyl (C=O) groups excluding carboxylic acids is 5. The zero-order valence-corrected chi connectivity index (χ0v) is 36.0. The highest BCUT2D eigenvalue weighted by molar-refractivity contribution is 6.41. The number of fused-ring (bicyclic) bond motifs is 2. The second kappa shape index (κ2) is 18.2. The molecular formula is C51H62N2O6. The zero-order valence-electron chi connectivity index (χ0n) is 36.0. The van der Waals surface area contributed by atoms with Crippen molar-refractivity contribution < 1.29 is 28.7 Å². The fraction of sp³-hybridized carbons (Fsp3) is 0.510. The number of carbonyl (C=O) groups is 5. The molecule has 0 unspecified atom stereocenters. The van der Waals surface area contributed by atoms with Gasteiger partial charge in [0.05, 0.1) is 12.0 Å². The van der Waals surface area contributed by atoms with Crippen LogP contribution in [-0.2, 0) is 9.53 Å². The lowest BCUT2D eigenvalue weighted by atomic mass is 9.82. The molecule has 0 aliphatic carbocycles. The number of hydrogen-bond donors (Lipinski definition) is 0. The molecule has 0 N–H and O–H groups in total. The van der Waals surface area contributed by atoms with E-state index in [1.807, 2.05) is 69.3 Å². The Kier molecular flexibility index (Phi) is 13.0. The van der Waals surface area contributed by atoms with Gasteiger partial charge in [-0.3, -0.25) is 33.8 Å². The smallest absolute Gasteiger partial charge is 0.311 e. The first-order chi connectivity index (χ1) is 28.5. The Morgan fingerprint density at radius 3 is 1.37 bits per heavy atom. The number of benzene rings is 5. The Morgan fingerprint density at radius 2 is 0.932 bits per heavy atom. The van der Waals surface area contributed by atoms with Gasteiger partial charge in [-0.15, -0.1) is 0 Å². The van der Waals surface area contributed by atoms with Crippen LogP contribution in [0.4, 0.5) is 0 Å². The largest absolute Gasteiger partial charge is 0.465 e. The highest BCUT2D eigenvalue weighted by Crippen LogP contribution is 2.46. The number of nitrogens with zero attached hydrogens (tertiary/aromatic N) is 2. The van der Waals surface area contributed by atoms with Gasteiger partial charge in [0.15, 0.2) is 0 Å². The second-order valence-corrected chi connectivity index (χ2v) is 17.7. The first-order valence-corrected chi connectivity index (χ1v) is 22.7. The monoisotopic (exact) mass is 798 g/mol. The highest BCUT2D eigenvalue weighted by atomic mass is 16.5. The maximum atomic E-state index is 14.5. The van der Waals surface area contributed by atoms with E-state index in [1.54, 1.807) is 4.90 Å². The summed E-state index contributed by atoms with van der Waals surface area (Å²) < 4.78 is 5.47. The van der Waals surface area contributed by atoms with Crippen LogP contribution in [0.5, 0.6) is 0 Å². The highest BCUT2D eigenvalue weighted by Gasteiger charge is 2.39. The maximum Gasteiger partial charge on any atom is 0.311 e. The molecule has 0 bridgehead atoms. The standard InChI is InChI=1S/C51H62N2O6/c1-6-9-11-13-17-21-33(22-18-14-12-10-7-2)53-48(56)40-29-25-36-34-23-27-38-44-39(28-24-35(42(34)44)37-26-30-41(49(53)57)45(40)43(36)37)47(55)52(46(38)54)31-19-15-16-20-32-59-50(58)51(4,5)8-3/h23-30,33H,6-22,31-32H2,1-5H3. The molecule has 0 saturated heterocycles. The minimum Gasteiger partial charge on any atom is -0.465 e. The van der Waals surface area contributed by atoms with Crippen LogP contribution in [-0.4, -0.2) is 58.6 Å². The maximum absolute atomic E-state index is 14.5. The molecule has 8 heteroatoms. The second-order valence-electron chi connectivity index (χ2n) is 17.7. The molecule has 2 heterocycles. The number of hydrogen-bond acceptors (Lipinski definition) is 6. The van der Waals surface area contributed by atoms with Crippen LogP contribution in [0, 0.1) is 5.41 Å². The van der Waals surface area contributed by atoms with Crippen LogP contribution in [0.1, 0.15) is 185 Å². The molecule has 0 radical (unpaired) electrons. The van der Waals surface area contributed by atoms with Crippen molar-refractivity contribution in [3.05, 3.63) is 70.8 Å². The lowest BCUT2D eigenvalue weighted by molar-refractivity contribution is -0.154. The Morgan fingerprint density at radius 1 is 0.525 bits per heavy atom. The van der Waals surface area contributed by atoms with Crippen molar-refractivity contribution in [1.82, 2.24) is 9.80 Å². The lowest BCUT2D eigenvalue weighted by Crippen LogP contribution is -2.47. The van der Waals surface area contributed by atoms with Crippen molar-refractivity contribution in [2.45, 2.75) is 150 Å². The van der Waals surface area contributed by atoms with E-state index in [-0.39, 0.29) is 35.6 Å². The molecule has 0 spiro atoms. The van der Waals surface area contributed by atoms with Crippen LogP contribution in [0.2, 0.25) is 0 Å². The van der Waals surface area contributed by atoms with Crippen molar-refractivity contribution >= 4 is 72.7 Å². The average molecular weight is 799 g/mol. The third-order valence-corrected chi connectivity index (χ3v) is 13.3. The summed E-state index contributed by atoms with van der Waals surface area (Å²) >= 11 is 0. The number of esters is 1. The molecule has 312 valence electrons. The number of unbranched alkanes of at least 4 members (excludes halogenated alkanes) is 11. The van der Waals surface area contributed by atoms with E-state index >= 15 is 0 Å². The van der Waals surface area contributed by atoms with Gasteiger partial charge >= 0.3 is 5.97 Å². The number of rotatable bonds is 22. The molecule has 0 saturated carbocycles. The summed E-state index contributed by atoms with van der Waals surface area (Å²) in [4.78, 5) is 72.4. The minimum atomic E-state index is -0.488. The van der Waals surface area contributed by atoms with E-state index in [2.05, 4.69) is 13.8 Å². The van der Waals surface area contributed by atoms with E-state index in [9.17, 15) is 24.0 Å². The van der Waals surface area contributed by atoms with E-state index < -0.39 is 5.41 Å². The number of imide groups is 2. The van der Waals surface area contributed by atoms with Gasteiger partial charge in [-0.25, -0.2) is 0 Å². The molecule has 7 rings (SSSR count). The summed E-state index contributed by atoms with van der Waals surface area (Å²) in [7, 11) is 0. The predicted molar refractivity (Wildman–Crippen MR) is 238 cm³/mol. The fourth-order valence-electron chi connectivity index (χ4n) is 9.47. The summed E-state index contributed by atoms with van der Waals surface area (Å²) in [6, 6.07) is 15.3. The van der Waals surface area contributed by atoms with Crippen LogP contribution in [0.3, 0.4) is 0 Å². The predicted octanol–water partition coefficient (Wildman–Crippen LogP) is 12.6. The van der Waals surface area contributed by atoms with Crippen molar-refractivity contribution in [1.29, 1.82) is 0 Å². The van der Waals surface area contributed by atoms with E-state index in [4.69, 9.17) is 4.74 Å². The van der Waals surface area contributed by atoms with E-state index in [0.29, 0.717) is 52.6 Å². The fourth-order valence-corrected chi connectivity index (χ4v) is 9.47. The molecule has 4 amide bonds. The topological polar surface area (TPSA) is 101 Å². The summed E-state index contributed by atoms with van der Waals surface area (Å²) in [6.07, 6.45) is 16.7. The van der Waals surface area contributed by atoms with Crippen LogP contribution < -0.4 is 0 Å². The van der Waals surface area contributed by atoms with E-state index in [0.717, 1.165) is 96.5 Å². The first-order valence-electron chi connectivity index (χ1n) is 22.7. The van der Waals surface area contributed by atoms with Gasteiger partial charge in [-0.2, -0.15) is 0 Å². The summed E-state index contributed by atoms with van der Waals surface area (Å²) in [6.45, 7) is 10.9. The van der Waals surface area contributed by atoms with Crippen molar-refractivity contribution in [2.75, 3.05) is 13.2 Å². The molecule has 59 heavy (non-hydrogen) atoms. The molecule has 2 aliphatic heterocycles. The van der Waals surface area contributed by atoms with Gasteiger partial charge in [0, 0.05) is 45.6 Å². The Labute approximate surface area is 349 Å². The van der Waals surface area contributed by atoms with Crippen molar-refractivity contribution in [3.63, 3.8) is 0 Å².